The third-order valence-corrected chi connectivity index (χ3v) is 7.87. The number of halogens is 2. The number of carbonyl (C=O) groups excluding carboxylic acids is 1. The number of allylic oxidation sites excluding steroid dienone is 1. The van der Waals surface area contributed by atoms with Crippen molar-refractivity contribution >= 4 is 52.3 Å². The molecule has 0 bridgehead atoms. The number of hydrogen-bond donors (Lipinski definition) is 0. The van der Waals surface area contributed by atoms with Gasteiger partial charge in [-0.05, 0) is 61.9 Å². The van der Waals surface area contributed by atoms with Gasteiger partial charge in [0, 0.05) is 36.4 Å². The number of benzene rings is 2. The first-order chi connectivity index (χ1) is 18.7. The summed E-state index contributed by atoms with van der Waals surface area (Å²) in [4.78, 5) is 34.0. The lowest BCUT2D eigenvalue weighted by atomic mass is 9.95. The molecule has 2 aromatic carbocycles. The van der Waals surface area contributed by atoms with Crippen LogP contribution in [0.2, 0.25) is 10.0 Å². The number of ether oxygens (including phenoxy) is 1. The number of carbonyl (C=O) groups is 1. The van der Waals surface area contributed by atoms with Crippen LogP contribution in [0.5, 0.6) is 0 Å². The molecule has 0 spiro atoms. The van der Waals surface area contributed by atoms with Crippen LogP contribution in [0.15, 0.2) is 80.1 Å². The van der Waals surface area contributed by atoms with Crippen molar-refractivity contribution in [1.82, 2.24) is 4.57 Å². The summed E-state index contributed by atoms with van der Waals surface area (Å²) in [6.45, 7) is 3.72. The topological polar surface area (TPSA) is 77.0 Å². The van der Waals surface area contributed by atoms with Crippen molar-refractivity contribution in [3.05, 3.63) is 107 Å². The van der Waals surface area contributed by atoms with Gasteiger partial charge in [0.2, 0.25) is 0 Å². The maximum absolute atomic E-state index is 13.8. The van der Waals surface area contributed by atoms with E-state index in [9.17, 15) is 9.59 Å². The van der Waals surface area contributed by atoms with E-state index in [0.717, 1.165) is 11.3 Å². The highest BCUT2D eigenvalue weighted by molar-refractivity contribution is 7.07. The lowest BCUT2D eigenvalue weighted by Gasteiger charge is -2.25. The maximum atomic E-state index is 13.8. The molecule has 0 unspecified atom stereocenters. The van der Waals surface area contributed by atoms with E-state index < -0.39 is 12.0 Å². The molecule has 1 atom stereocenters. The predicted molar refractivity (Wildman–Crippen MR) is 155 cm³/mol. The smallest absolute Gasteiger partial charge is 0.338 e. The third kappa shape index (κ3) is 5.20. The summed E-state index contributed by atoms with van der Waals surface area (Å²) >= 11 is 13.6. The van der Waals surface area contributed by atoms with Crippen molar-refractivity contribution in [2.45, 2.75) is 19.9 Å². The number of thiazole rings is 1. The monoisotopic (exact) mass is 581 g/mol. The summed E-state index contributed by atoms with van der Waals surface area (Å²) < 4.78 is 13.3. The molecule has 0 amide bonds. The Hall–Kier alpha value is -3.59. The minimum Gasteiger partial charge on any atom is -0.463 e. The van der Waals surface area contributed by atoms with Crippen LogP contribution in [-0.2, 0) is 9.53 Å². The van der Waals surface area contributed by atoms with E-state index in [0.29, 0.717) is 47.7 Å². The number of furan rings is 1. The average Bonchev–Trinajstić information content (AvgIpc) is 3.47. The van der Waals surface area contributed by atoms with E-state index in [4.69, 9.17) is 32.4 Å². The van der Waals surface area contributed by atoms with Crippen molar-refractivity contribution in [3.63, 3.8) is 0 Å². The van der Waals surface area contributed by atoms with Crippen LogP contribution in [-0.4, -0.2) is 31.2 Å². The molecule has 1 aliphatic heterocycles. The molecule has 3 heterocycles. The number of esters is 1. The highest BCUT2D eigenvalue weighted by atomic mass is 35.5. The van der Waals surface area contributed by atoms with E-state index in [2.05, 4.69) is 4.99 Å². The van der Waals surface area contributed by atoms with Gasteiger partial charge < -0.3 is 14.1 Å². The molecule has 0 fully saturated rings. The van der Waals surface area contributed by atoms with Crippen LogP contribution in [0.3, 0.4) is 0 Å². The number of nitrogens with zero attached hydrogens (tertiary/aromatic N) is 3. The molecule has 39 heavy (non-hydrogen) atoms. The highest BCUT2D eigenvalue weighted by Crippen LogP contribution is 2.33. The lowest BCUT2D eigenvalue weighted by molar-refractivity contribution is -0.139. The number of anilines is 1. The third-order valence-electron chi connectivity index (χ3n) is 6.34. The SMILES string of the molecule is CCOC(=O)C1=C(C)N=c2s/c(=C\c3ccc(-c4ccc(Cl)cc4Cl)o3)c(=O)n2[C@H]1c1ccc(N(C)C)cc1. The molecule has 0 saturated heterocycles. The number of fused-ring (bicyclic) bond motifs is 1. The summed E-state index contributed by atoms with van der Waals surface area (Å²) in [7, 11) is 3.90. The summed E-state index contributed by atoms with van der Waals surface area (Å²) in [6.07, 6.45) is 1.67. The fourth-order valence-corrected chi connectivity index (χ4v) is 5.98. The fourth-order valence-electron chi connectivity index (χ4n) is 4.46. The zero-order valence-electron chi connectivity index (χ0n) is 21.7. The minimum atomic E-state index is -0.682. The zero-order valence-corrected chi connectivity index (χ0v) is 24.0. The summed E-state index contributed by atoms with van der Waals surface area (Å²) in [6, 6.07) is 15.8. The van der Waals surface area contributed by atoms with Gasteiger partial charge >= 0.3 is 5.97 Å². The quantitative estimate of drug-likeness (QED) is 0.284. The van der Waals surface area contributed by atoms with Gasteiger partial charge in [0.25, 0.3) is 5.56 Å². The summed E-state index contributed by atoms with van der Waals surface area (Å²) in [5.74, 6) is 0.537. The Labute approximate surface area is 238 Å². The van der Waals surface area contributed by atoms with Gasteiger partial charge in [0.15, 0.2) is 4.80 Å². The summed E-state index contributed by atoms with van der Waals surface area (Å²) in [5, 5.41) is 0.991. The second-order valence-electron chi connectivity index (χ2n) is 9.11. The van der Waals surface area contributed by atoms with Gasteiger partial charge in [-0.25, -0.2) is 9.79 Å². The van der Waals surface area contributed by atoms with Crippen LogP contribution in [0.4, 0.5) is 5.69 Å². The normalized spacial score (nSPS) is 15.2. The van der Waals surface area contributed by atoms with Gasteiger partial charge in [-0.3, -0.25) is 9.36 Å². The Kier molecular flexibility index (Phi) is 7.53. The molecule has 0 aliphatic carbocycles. The Morgan fingerprint density at radius 3 is 2.56 bits per heavy atom. The van der Waals surface area contributed by atoms with Crippen molar-refractivity contribution in [3.8, 4) is 11.3 Å². The molecule has 0 saturated carbocycles. The van der Waals surface area contributed by atoms with Crippen LogP contribution in [0.25, 0.3) is 17.4 Å². The lowest BCUT2D eigenvalue weighted by Crippen LogP contribution is -2.39. The Bertz CT molecular complexity index is 1780. The number of rotatable bonds is 6. The fraction of sp³-hybridized carbons (Fsp3) is 0.207. The number of aromatic nitrogens is 1. The van der Waals surface area contributed by atoms with E-state index in [1.54, 1.807) is 54.8 Å². The van der Waals surface area contributed by atoms with E-state index in [1.807, 2.05) is 43.3 Å². The van der Waals surface area contributed by atoms with Gasteiger partial charge in [-0.2, -0.15) is 0 Å². The van der Waals surface area contributed by atoms with Gasteiger partial charge in [-0.15, -0.1) is 0 Å². The number of hydrogen-bond acceptors (Lipinski definition) is 7. The standard InChI is InChI=1S/C29H25Cl2N3O4S/c1-5-37-28(36)25-16(2)32-29-34(26(25)17-6-9-19(10-7-17)33(3)4)27(35)24(39-29)15-20-11-13-23(38-20)21-12-8-18(30)14-22(21)31/h6-15,26H,5H2,1-4H3/b24-15-/t26-/m0/s1. The Morgan fingerprint density at radius 2 is 1.90 bits per heavy atom. The second-order valence-corrected chi connectivity index (χ2v) is 11.0. The Morgan fingerprint density at radius 1 is 1.15 bits per heavy atom. The molecule has 1 aliphatic rings. The minimum absolute atomic E-state index is 0.213. The van der Waals surface area contributed by atoms with Gasteiger partial charge in [0.1, 0.15) is 11.5 Å². The van der Waals surface area contributed by atoms with Crippen LogP contribution >= 0.6 is 34.5 Å². The van der Waals surface area contributed by atoms with Gasteiger partial charge in [0.05, 0.1) is 33.5 Å². The molecule has 200 valence electrons. The first-order valence-corrected chi connectivity index (χ1v) is 13.8. The Balaban J connectivity index is 1.63. The molecule has 10 heteroatoms. The van der Waals surface area contributed by atoms with Crippen molar-refractivity contribution in [1.29, 1.82) is 0 Å². The van der Waals surface area contributed by atoms with E-state index >= 15 is 0 Å². The van der Waals surface area contributed by atoms with Gasteiger partial charge in [-0.1, -0.05) is 46.7 Å². The molecule has 5 rings (SSSR count). The first-order valence-electron chi connectivity index (χ1n) is 12.2. The summed E-state index contributed by atoms with van der Waals surface area (Å²) in [5.41, 5.74) is 3.05. The predicted octanol–water partition coefficient (Wildman–Crippen LogP) is 5.43. The average molecular weight is 583 g/mol. The molecule has 0 N–H and O–H groups in total. The largest absolute Gasteiger partial charge is 0.463 e. The molecule has 7 nitrogen and oxygen atoms in total. The van der Waals surface area contributed by atoms with Crippen molar-refractivity contribution in [2.75, 3.05) is 25.6 Å². The second kappa shape index (κ2) is 10.9. The zero-order chi connectivity index (χ0) is 27.8. The van der Waals surface area contributed by atoms with Crippen molar-refractivity contribution < 1.29 is 13.9 Å². The highest BCUT2D eigenvalue weighted by Gasteiger charge is 2.33. The maximum Gasteiger partial charge on any atom is 0.338 e. The first kappa shape index (κ1) is 27.0. The molecular weight excluding hydrogens is 557 g/mol. The molecular formula is C29H25Cl2N3O4S. The van der Waals surface area contributed by atoms with Crippen molar-refractivity contribution in [2.24, 2.45) is 4.99 Å². The molecule has 4 aromatic rings. The van der Waals surface area contributed by atoms with Crippen LogP contribution in [0.1, 0.15) is 31.2 Å². The molecule has 2 aromatic heterocycles. The molecule has 0 radical (unpaired) electrons. The van der Waals surface area contributed by atoms with E-state index in [-0.39, 0.29) is 12.2 Å². The van der Waals surface area contributed by atoms with E-state index in [1.165, 1.54) is 11.3 Å². The van der Waals surface area contributed by atoms with Crippen LogP contribution < -0.4 is 19.8 Å². The van der Waals surface area contributed by atoms with Crippen LogP contribution in [0, 0.1) is 0 Å².